The minimum absolute atomic E-state index is 0.897. The summed E-state index contributed by atoms with van der Waals surface area (Å²) in [5.74, 6) is 4.72. The van der Waals surface area contributed by atoms with Crippen LogP contribution in [0.4, 0.5) is 0 Å². The Hall–Kier alpha value is 0. The van der Waals surface area contributed by atoms with Crippen molar-refractivity contribution in [2.45, 2.75) is 64.2 Å². The van der Waals surface area contributed by atoms with Gasteiger partial charge in [-0.1, -0.05) is 25.7 Å². The standard InChI is InChI=1S/C15H24/c1-2-9-15-10-11-4-3-6-13(11)14(15)8-7-12(15)5-1/h11-14H,1-10H2/t11?,12-,13?,14-,15?/m1/s1. The largest absolute Gasteiger partial charge is 0.0530 e. The zero-order chi connectivity index (χ0) is 9.88. The second-order valence-electron chi connectivity index (χ2n) is 6.92. The van der Waals surface area contributed by atoms with Crippen LogP contribution in [0.3, 0.4) is 0 Å². The Morgan fingerprint density at radius 2 is 1.80 bits per heavy atom. The fourth-order valence-electron chi connectivity index (χ4n) is 6.32. The van der Waals surface area contributed by atoms with Gasteiger partial charge in [0.05, 0.1) is 0 Å². The number of hydrogen-bond donors (Lipinski definition) is 0. The van der Waals surface area contributed by atoms with Gasteiger partial charge in [-0.15, -0.1) is 0 Å². The molecule has 4 fully saturated rings. The topological polar surface area (TPSA) is 0 Å². The molecule has 4 saturated carbocycles. The molecule has 0 aliphatic heterocycles. The maximum absolute atomic E-state index is 1.66. The van der Waals surface area contributed by atoms with Gasteiger partial charge in [0.2, 0.25) is 0 Å². The smallest absolute Gasteiger partial charge is 0.0235 e. The zero-order valence-corrected chi connectivity index (χ0v) is 9.88. The lowest BCUT2D eigenvalue weighted by Crippen LogP contribution is -2.32. The van der Waals surface area contributed by atoms with Crippen molar-refractivity contribution in [3.05, 3.63) is 0 Å². The Balaban J connectivity index is 1.70. The lowest BCUT2D eigenvalue weighted by molar-refractivity contribution is 0.0872. The minimum Gasteiger partial charge on any atom is -0.0530 e. The average Bonchev–Trinajstić information content (AvgIpc) is 2.84. The summed E-state index contributed by atoms with van der Waals surface area (Å²) in [7, 11) is 0. The maximum atomic E-state index is 1.66. The Morgan fingerprint density at radius 1 is 0.800 bits per heavy atom. The molecule has 0 heterocycles. The van der Waals surface area contributed by atoms with Gasteiger partial charge in [0.15, 0.2) is 0 Å². The summed E-state index contributed by atoms with van der Waals surface area (Å²) in [6.07, 6.45) is 16.0. The van der Waals surface area contributed by atoms with Crippen LogP contribution >= 0.6 is 0 Å². The molecule has 0 saturated heterocycles. The predicted octanol–water partition coefficient (Wildman–Crippen LogP) is 4.39. The van der Waals surface area contributed by atoms with Crippen LogP contribution in [0.25, 0.3) is 0 Å². The SMILES string of the molecule is C1CC2CC34CCCC[C@@H]3CC[C@@H]4C2C1. The normalized spacial score (nSPS) is 57.6. The second-order valence-corrected chi connectivity index (χ2v) is 6.92. The molecule has 15 heavy (non-hydrogen) atoms. The molecule has 84 valence electrons. The highest BCUT2D eigenvalue weighted by atomic mass is 14.6. The maximum Gasteiger partial charge on any atom is -0.0235 e. The van der Waals surface area contributed by atoms with Crippen LogP contribution in [-0.4, -0.2) is 0 Å². The van der Waals surface area contributed by atoms with Crippen molar-refractivity contribution < 1.29 is 0 Å². The molecule has 4 rings (SSSR count). The fraction of sp³-hybridized carbons (Fsp3) is 1.00. The monoisotopic (exact) mass is 204 g/mol. The molecule has 0 radical (unpaired) electrons. The van der Waals surface area contributed by atoms with E-state index < -0.39 is 0 Å². The molecule has 1 spiro atoms. The van der Waals surface area contributed by atoms with Gasteiger partial charge >= 0.3 is 0 Å². The number of rotatable bonds is 0. The summed E-state index contributed by atoms with van der Waals surface area (Å²) in [5.41, 5.74) is 0.897. The summed E-state index contributed by atoms with van der Waals surface area (Å²) < 4.78 is 0. The second kappa shape index (κ2) is 3.02. The van der Waals surface area contributed by atoms with Gasteiger partial charge in [0.1, 0.15) is 0 Å². The Kier molecular flexibility index (Phi) is 1.83. The highest BCUT2D eigenvalue weighted by Gasteiger charge is 2.60. The third kappa shape index (κ3) is 1.04. The van der Waals surface area contributed by atoms with Crippen LogP contribution in [0.2, 0.25) is 0 Å². The van der Waals surface area contributed by atoms with Crippen LogP contribution in [0.15, 0.2) is 0 Å². The summed E-state index contributed by atoms with van der Waals surface area (Å²) in [6, 6.07) is 0. The Morgan fingerprint density at radius 3 is 2.80 bits per heavy atom. The molecule has 4 aliphatic rings. The highest BCUT2D eigenvalue weighted by Crippen LogP contribution is 2.69. The summed E-state index contributed by atoms with van der Waals surface area (Å²) in [5, 5.41) is 0. The van der Waals surface area contributed by atoms with Gasteiger partial charge in [0, 0.05) is 0 Å². The minimum atomic E-state index is 0.897. The highest BCUT2D eigenvalue weighted by molar-refractivity contribution is 5.09. The van der Waals surface area contributed by atoms with Gasteiger partial charge < -0.3 is 0 Å². The molecule has 5 atom stereocenters. The average molecular weight is 204 g/mol. The van der Waals surface area contributed by atoms with Crippen LogP contribution in [0.5, 0.6) is 0 Å². The summed E-state index contributed by atoms with van der Waals surface area (Å²) >= 11 is 0. The lowest BCUT2D eigenvalue weighted by Gasteiger charge is -2.41. The van der Waals surface area contributed by atoms with E-state index in [1.54, 1.807) is 64.2 Å². The first-order valence-corrected chi connectivity index (χ1v) is 7.40. The van der Waals surface area contributed by atoms with Crippen molar-refractivity contribution in [2.24, 2.45) is 29.1 Å². The summed E-state index contributed by atoms with van der Waals surface area (Å²) in [6.45, 7) is 0. The van der Waals surface area contributed by atoms with Crippen molar-refractivity contribution in [3.63, 3.8) is 0 Å². The molecule has 0 heteroatoms. The van der Waals surface area contributed by atoms with Crippen LogP contribution < -0.4 is 0 Å². The summed E-state index contributed by atoms with van der Waals surface area (Å²) in [4.78, 5) is 0. The molecule has 0 bridgehead atoms. The Labute approximate surface area is 93.8 Å². The lowest BCUT2D eigenvalue weighted by atomic mass is 9.64. The van der Waals surface area contributed by atoms with Crippen LogP contribution in [0, 0.1) is 29.1 Å². The van der Waals surface area contributed by atoms with Crippen molar-refractivity contribution >= 4 is 0 Å². The van der Waals surface area contributed by atoms with E-state index in [2.05, 4.69) is 0 Å². The van der Waals surface area contributed by atoms with Crippen LogP contribution in [-0.2, 0) is 0 Å². The fourth-order valence-corrected chi connectivity index (χ4v) is 6.32. The van der Waals surface area contributed by atoms with Gasteiger partial charge in [-0.25, -0.2) is 0 Å². The molecule has 0 nitrogen and oxygen atoms in total. The van der Waals surface area contributed by atoms with Gasteiger partial charge in [-0.05, 0) is 67.6 Å². The third-order valence-corrected chi connectivity index (χ3v) is 6.70. The van der Waals surface area contributed by atoms with Gasteiger partial charge in [0.25, 0.3) is 0 Å². The molecular formula is C15H24. The molecule has 0 aromatic heterocycles. The number of fused-ring (bicyclic) bond motifs is 2. The van der Waals surface area contributed by atoms with Gasteiger partial charge in [-0.3, -0.25) is 0 Å². The van der Waals surface area contributed by atoms with Gasteiger partial charge in [-0.2, -0.15) is 0 Å². The molecule has 4 aliphatic carbocycles. The quantitative estimate of drug-likeness (QED) is 0.549. The van der Waals surface area contributed by atoms with Crippen molar-refractivity contribution in [1.82, 2.24) is 0 Å². The van der Waals surface area contributed by atoms with E-state index in [9.17, 15) is 0 Å². The van der Waals surface area contributed by atoms with E-state index in [1.165, 1.54) is 23.7 Å². The molecule has 0 aromatic rings. The first-order valence-electron chi connectivity index (χ1n) is 7.40. The first-order chi connectivity index (χ1) is 7.40. The van der Waals surface area contributed by atoms with E-state index in [-0.39, 0.29) is 0 Å². The van der Waals surface area contributed by atoms with Crippen LogP contribution in [0.1, 0.15) is 64.2 Å². The van der Waals surface area contributed by atoms with Crippen molar-refractivity contribution in [2.75, 3.05) is 0 Å². The van der Waals surface area contributed by atoms with Crippen molar-refractivity contribution in [3.8, 4) is 0 Å². The number of hydrogen-bond acceptors (Lipinski definition) is 0. The van der Waals surface area contributed by atoms with E-state index >= 15 is 0 Å². The van der Waals surface area contributed by atoms with Crippen molar-refractivity contribution in [1.29, 1.82) is 0 Å². The molecule has 0 amide bonds. The van der Waals surface area contributed by atoms with E-state index in [0.29, 0.717) is 0 Å². The first kappa shape index (κ1) is 9.07. The molecule has 3 unspecified atom stereocenters. The van der Waals surface area contributed by atoms with E-state index in [1.807, 2.05) is 0 Å². The zero-order valence-electron chi connectivity index (χ0n) is 9.88. The van der Waals surface area contributed by atoms with E-state index in [0.717, 1.165) is 5.41 Å². The Bertz CT molecular complexity index is 269. The molecule has 0 N–H and O–H groups in total. The molecular weight excluding hydrogens is 180 g/mol. The van der Waals surface area contributed by atoms with E-state index in [4.69, 9.17) is 0 Å². The third-order valence-electron chi connectivity index (χ3n) is 6.70. The predicted molar refractivity (Wildman–Crippen MR) is 62.6 cm³/mol. The molecule has 0 aromatic carbocycles.